The van der Waals surface area contributed by atoms with Gasteiger partial charge >= 0.3 is 0 Å². The van der Waals surface area contributed by atoms with E-state index in [1.54, 1.807) is 0 Å². The van der Waals surface area contributed by atoms with E-state index in [9.17, 15) is 0 Å². The van der Waals surface area contributed by atoms with Crippen LogP contribution >= 0.6 is 22.6 Å². The van der Waals surface area contributed by atoms with Crippen molar-refractivity contribution in [3.8, 4) is 0 Å². The Labute approximate surface area is 127 Å². The van der Waals surface area contributed by atoms with Crippen molar-refractivity contribution < 1.29 is 9.47 Å². The summed E-state index contributed by atoms with van der Waals surface area (Å²) >= 11 is 2.29. The fourth-order valence-corrected chi connectivity index (χ4v) is 3.23. The Balaban J connectivity index is 2.44. The van der Waals surface area contributed by atoms with Gasteiger partial charge in [-0.3, -0.25) is 0 Å². The van der Waals surface area contributed by atoms with Crippen molar-refractivity contribution in [3.05, 3.63) is 15.1 Å². The van der Waals surface area contributed by atoms with Gasteiger partial charge in [0.25, 0.3) is 0 Å². The van der Waals surface area contributed by atoms with E-state index >= 15 is 0 Å². The zero-order chi connectivity index (χ0) is 14.0. The number of anilines is 1. The lowest BCUT2D eigenvalue weighted by molar-refractivity contribution is -0.0936. The average molecular weight is 377 g/mol. The molecule has 1 N–H and O–H groups in total. The summed E-state index contributed by atoms with van der Waals surface area (Å²) in [5, 5.41) is 3.13. The summed E-state index contributed by atoms with van der Waals surface area (Å²) in [7, 11) is 1.87. The lowest BCUT2D eigenvalue weighted by atomic mass is 9.92. The Bertz CT molecular complexity index is 454. The van der Waals surface area contributed by atoms with E-state index in [2.05, 4.69) is 53.7 Å². The van der Waals surface area contributed by atoms with E-state index < -0.39 is 0 Å². The standard InChI is InChI=1S/C13H20IN3O2/c1-13(2,3)10-9(14)12(15-4)17-11(16-10)8-7-18-5-6-19-8/h8H,5-7H2,1-4H3,(H,15,16,17). The van der Waals surface area contributed by atoms with Crippen LogP contribution in [0, 0.1) is 3.57 Å². The molecular weight excluding hydrogens is 357 g/mol. The maximum absolute atomic E-state index is 5.69. The highest BCUT2D eigenvalue weighted by Gasteiger charge is 2.27. The van der Waals surface area contributed by atoms with Gasteiger partial charge in [-0.25, -0.2) is 9.97 Å². The summed E-state index contributed by atoms with van der Waals surface area (Å²) < 4.78 is 12.2. The Kier molecular flexibility index (Phi) is 4.62. The minimum atomic E-state index is -0.168. The molecular formula is C13H20IN3O2. The van der Waals surface area contributed by atoms with Crippen LogP contribution in [0.3, 0.4) is 0 Å². The van der Waals surface area contributed by atoms with Gasteiger partial charge in [-0.1, -0.05) is 20.8 Å². The van der Waals surface area contributed by atoms with Gasteiger partial charge in [-0.05, 0) is 22.6 Å². The summed E-state index contributed by atoms with van der Waals surface area (Å²) in [6.45, 7) is 8.22. The summed E-state index contributed by atoms with van der Waals surface area (Å²) in [6.07, 6.45) is -0.168. The number of hydrogen-bond donors (Lipinski definition) is 1. The van der Waals surface area contributed by atoms with Gasteiger partial charge in [0.15, 0.2) is 5.82 Å². The van der Waals surface area contributed by atoms with Crippen LogP contribution in [0.2, 0.25) is 0 Å². The largest absolute Gasteiger partial charge is 0.376 e. The molecule has 1 aromatic rings. The first kappa shape index (κ1) is 14.9. The lowest BCUT2D eigenvalue weighted by Gasteiger charge is -2.26. The van der Waals surface area contributed by atoms with Crippen molar-refractivity contribution in [2.75, 3.05) is 32.2 Å². The third kappa shape index (κ3) is 3.35. The Morgan fingerprint density at radius 2 is 2.00 bits per heavy atom. The number of halogens is 1. The van der Waals surface area contributed by atoms with Crippen LogP contribution in [0.25, 0.3) is 0 Å². The normalized spacial score (nSPS) is 20.4. The van der Waals surface area contributed by atoms with Crippen molar-refractivity contribution >= 4 is 28.4 Å². The molecule has 6 heteroatoms. The zero-order valence-electron chi connectivity index (χ0n) is 11.8. The topological polar surface area (TPSA) is 56.3 Å². The predicted octanol–water partition coefficient (Wildman–Crippen LogP) is 2.51. The van der Waals surface area contributed by atoms with Crippen molar-refractivity contribution in [2.45, 2.75) is 32.3 Å². The minimum absolute atomic E-state index is 0.0324. The molecule has 1 unspecified atom stereocenters. The van der Waals surface area contributed by atoms with Gasteiger partial charge < -0.3 is 14.8 Å². The molecule has 19 heavy (non-hydrogen) atoms. The lowest BCUT2D eigenvalue weighted by Crippen LogP contribution is -2.26. The zero-order valence-corrected chi connectivity index (χ0v) is 13.9. The first-order valence-electron chi connectivity index (χ1n) is 6.38. The van der Waals surface area contributed by atoms with E-state index in [0.717, 1.165) is 15.1 Å². The summed E-state index contributed by atoms with van der Waals surface area (Å²) in [4.78, 5) is 9.27. The van der Waals surface area contributed by atoms with Crippen LogP contribution in [-0.2, 0) is 14.9 Å². The highest BCUT2D eigenvalue weighted by Crippen LogP contribution is 2.31. The molecule has 0 spiro atoms. The maximum Gasteiger partial charge on any atom is 0.162 e. The van der Waals surface area contributed by atoms with E-state index in [1.807, 2.05) is 7.05 Å². The van der Waals surface area contributed by atoms with Crippen LogP contribution in [0.5, 0.6) is 0 Å². The summed E-state index contributed by atoms with van der Waals surface area (Å²) in [5.41, 5.74) is 1.01. The number of ether oxygens (including phenoxy) is 2. The highest BCUT2D eigenvalue weighted by atomic mass is 127. The smallest absolute Gasteiger partial charge is 0.162 e. The maximum atomic E-state index is 5.69. The average Bonchev–Trinajstić information content (AvgIpc) is 2.38. The monoisotopic (exact) mass is 377 g/mol. The molecule has 2 heterocycles. The summed E-state index contributed by atoms with van der Waals surface area (Å²) in [5.74, 6) is 1.55. The van der Waals surface area contributed by atoms with Crippen LogP contribution in [-0.4, -0.2) is 36.8 Å². The van der Waals surface area contributed by atoms with Crippen LogP contribution in [0.4, 0.5) is 5.82 Å². The first-order valence-corrected chi connectivity index (χ1v) is 7.46. The van der Waals surface area contributed by atoms with Gasteiger partial charge in [0, 0.05) is 12.5 Å². The highest BCUT2D eigenvalue weighted by molar-refractivity contribution is 14.1. The second kappa shape index (κ2) is 5.88. The molecule has 1 atom stereocenters. The quantitative estimate of drug-likeness (QED) is 0.803. The minimum Gasteiger partial charge on any atom is -0.376 e. The molecule has 0 amide bonds. The number of nitrogens with one attached hydrogen (secondary N) is 1. The molecule has 0 saturated carbocycles. The molecule has 0 bridgehead atoms. The van der Waals surface area contributed by atoms with Crippen LogP contribution < -0.4 is 5.32 Å². The van der Waals surface area contributed by atoms with E-state index in [1.165, 1.54) is 0 Å². The first-order chi connectivity index (χ1) is 8.93. The van der Waals surface area contributed by atoms with Gasteiger partial charge in [0.05, 0.1) is 29.1 Å². The Hall–Kier alpha value is -0.470. The number of rotatable bonds is 2. The molecule has 5 nitrogen and oxygen atoms in total. The number of hydrogen-bond acceptors (Lipinski definition) is 5. The third-order valence-electron chi connectivity index (χ3n) is 2.92. The molecule has 0 radical (unpaired) electrons. The third-order valence-corrected chi connectivity index (χ3v) is 3.94. The summed E-state index contributed by atoms with van der Waals surface area (Å²) in [6, 6.07) is 0. The van der Waals surface area contributed by atoms with Gasteiger partial charge in [0.2, 0.25) is 0 Å². The molecule has 1 saturated heterocycles. The second-order valence-corrected chi connectivity index (χ2v) is 6.61. The SMILES string of the molecule is CNc1nc(C2COCCO2)nc(C(C)(C)C)c1I. The number of nitrogens with zero attached hydrogens (tertiary/aromatic N) is 2. The fourth-order valence-electron chi connectivity index (χ4n) is 1.91. The van der Waals surface area contributed by atoms with Crippen molar-refractivity contribution in [3.63, 3.8) is 0 Å². The van der Waals surface area contributed by atoms with Crippen molar-refractivity contribution in [1.82, 2.24) is 9.97 Å². The van der Waals surface area contributed by atoms with E-state index in [0.29, 0.717) is 25.6 Å². The van der Waals surface area contributed by atoms with Crippen LogP contribution in [0.1, 0.15) is 38.4 Å². The second-order valence-electron chi connectivity index (χ2n) is 5.53. The molecule has 2 rings (SSSR count). The fraction of sp³-hybridized carbons (Fsp3) is 0.692. The molecule has 1 aromatic heterocycles. The van der Waals surface area contributed by atoms with Gasteiger partial charge in [-0.15, -0.1) is 0 Å². The molecule has 1 fully saturated rings. The molecule has 1 aliphatic heterocycles. The van der Waals surface area contributed by atoms with Gasteiger partial charge in [0.1, 0.15) is 11.9 Å². The van der Waals surface area contributed by atoms with Crippen LogP contribution in [0.15, 0.2) is 0 Å². The molecule has 106 valence electrons. The van der Waals surface area contributed by atoms with Crippen molar-refractivity contribution in [2.24, 2.45) is 0 Å². The Morgan fingerprint density at radius 1 is 1.26 bits per heavy atom. The Morgan fingerprint density at radius 3 is 2.53 bits per heavy atom. The number of aromatic nitrogens is 2. The van der Waals surface area contributed by atoms with Gasteiger partial charge in [-0.2, -0.15) is 0 Å². The van der Waals surface area contributed by atoms with E-state index in [4.69, 9.17) is 14.5 Å². The molecule has 0 aromatic carbocycles. The molecule has 1 aliphatic rings. The molecule has 0 aliphatic carbocycles. The predicted molar refractivity (Wildman–Crippen MR) is 82.5 cm³/mol. The van der Waals surface area contributed by atoms with E-state index in [-0.39, 0.29) is 11.5 Å². The van der Waals surface area contributed by atoms with Crippen molar-refractivity contribution in [1.29, 1.82) is 0 Å².